The van der Waals surface area contributed by atoms with Gasteiger partial charge in [0.2, 0.25) is 0 Å². The number of hydrogen-bond acceptors (Lipinski definition) is 2. The molecule has 0 aromatic rings. The summed E-state index contributed by atoms with van der Waals surface area (Å²) < 4.78 is 6.25. The van der Waals surface area contributed by atoms with E-state index in [1.165, 1.54) is 17.3 Å². The van der Waals surface area contributed by atoms with E-state index in [2.05, 4.69) is 20.8 Å². The van der Waals surface area contributed by atoms with Crippen LogP contribution in [0.2, 0.25) is 7.93 Å². The average molecular weight is 314 g/mol. The van der Waals surface area contributed by atoms with Crippen molar-refractivity contribution >= 4 is 26.9 Å². The Morgan fingerprint density at radius 1 is 1.36 bits per heavy atom. The van der Waals surface area contributed by atoms with E-state index < -0.39 is 0 Å². The van der Waals surface area contributed by atoms with Crippen molar-refractivity contribution in [3.63, 3.8) is 0 Å². The second-order valence-corrected chi connectivity index (χ2v) is 8.07. The molecule has 0 aliphatic carbocycles. The van der Waals surface area contributed by atoms with Crippen molar-refractivity contribution in [2.45, 2.75) is 54.9 Å². The van der Waals surface area contributed by atoms with Crippen LogP contribution in [-0.2, 0) is 9.53 Å². The Labute approximate surface area is 97.9 Å². The molecular weight excluding hydrogens is 292 g/mol. The van der Waals surface area contributed by atoms with E-state index in [1.807, 2.05) is 6.92 Å². The number of rotatable bonds is 7. The summed E-state index contributed by atoms with van der Waals surface area (Å²) in [7, 11) is 0. The Morgan fingerprint density at radius 3 is 2.43 bits per heavy atom. The number of carbonyl (C=O) groups excluding carboxylic acids is 1. The molecule has 0 aromatic carbocycles. The molecule has 0 saturated carbocycles. The summed E-state index contributed by atoms with van der Waals surface area (Å²) in [6.45, 7) is 8.74. The molecule has 0 radical (unpaired) electrons. The second-order valence-electron chi connectivity index (χ2n) is 3.51. The van der Waals surface area contributed by atoms with E-state index in [4.69, 9.17) is 4.74 Å². The van der Waals surface area contributed by atoms with Crippen molar-refractivity contribution < 1.29 is 9.53 Å². The Balaban J connectivity index is 4.09. The first-order valence-corrected chi connectivity index (χ1v) is 8.23. The molecule has 0 fully saturated rings. The van der Waals surface area contributed by atoms with Crippen molar-refractivity contribution in [2.24, 2.45) is 0 Å². The normalized spacial score (nSPS) is 14.9. The molecule has 84 valence electrons. The number of hydrogen-bond donors (Lipinski definition) is 0. The monoisotopic (exact) mass is 316 g/mol. The third-order valence-corrected chi connectivity index (χ3v) is 6.82. The first-order valence-electron chi connectivity index (χ1n) is 5.41. The van der Waals surface area contributed by atoms with Gasteiger partial charge in [0, 0.05) is 0 Å². The van der Waals surface area contributed by atoms with Crippen molar-refractivity contribution in [3.05, 3.63) is 0 Å². The molecule has 0 heterocycles. The predicted molar refractivity (Wildman–Crippen MR) is 60.8 cm³/mol. The van der Waals surface area contributed by atoms with Gasteiger partial charge in [0.1, 0.15) is 0 Å². The van der Waals surface area contributed by atoms with Crippen molar-refractivity contribution in [1.82, 2.24) is 0 Å². The molecule has 0 aromatic heterocycles. The molecule has 0 bridgehead atoms. The SMILES string of the molecule is CCCC[Te]C(C)(CC)C(=O)OCC. The van der Waals surface area contributed by atoms with E-state index in [9.17, 15) is 4.79 Å². The Bertz CT molecular complexity index is 171. The molecule has 0 aliphatic rings. The molecule has 1 atom stereocenters. The molecule has 0 spiro atoms. The van der Waals surface area contributed by atoms with E-state index in [0.717, 1.165) is 6.42 Å². The fraction of sp³-hybridized carbons (Fsp3) is 0.909. The van der Waals surface area contributed by atoms with Gasteiger partial charge >= 0.3 is 97.9 Å². The standard InChI is InChI=1S/C11H22O2Te/c1-5-8-9-14-11(4,6-2)10(12)13-7-3/h5-9H2,1-4H3. The fourth-order valence-electron chi connectivity index (χ4n) is 1.03. The summed E-state index contributed by atoms with van der Waals surface area (Å²) in [6, 6.07) is 0. The van der Waals surface area contributed by atoms with Gasteiger partial charge in [-0.05, 0) is 0 Å². The van der Waals surface area contributed by atoms with Crippen LogP contribution >= 0.6 is 0 Å². The van der Waals surface area contributed by atoms with Crippen LogP contribution in [-0.4, -0.2) is 33.5 Å². The quantitative estimate of drug-likeness (QED) is 0.410. The van der Waals surface area contributed by atoms with Gasteiger partial charge in [0.05, 0.1) is 0 Å². The molecule has 1 unspecified atom stereocenters. The minimum atomic E-state index is -0.243. The predicted octanol–water partition coefficient (Wildman–Crippen LogP) is 3.06. The fourth-order valence-corrected chi connectivity index (χ4v) is 4.64. The Hall–Kier alpha value is 0.260. The van der Waals surface area contributed by atoms with Gasteiger partial charge < -0.3 is 0 Å². The zero-order chi connectivity index (χ0) is 11.0. The average Bonchev–Trinajstić information content (AvgIpc) is 2.18. The van der Waals surface area contributed by atoms with Crippen LogP contribution in [0.4, 0.5) is 0 Å². The molecule has 0 rings (SSSR count). The van der Waals surface area contributed by atoms with Crippen LogP contribution < -0.4 is 0 Å². The molecule has 3 heteroatoms. The summed E-state index contributed by atoms with van der Waals surface area (Å²) in [5, 5.41) is 0. The third-order valence-electron chi connectivity index (χ3n) is 2.30. The van der Waals surface area contributed by atoms with Crippen LogP contribution in [0.3, 0.4) is 0 Å². The number of ether oxygens (including phenoxy) is 1. The van der Waals surface area contributed by atoms with Gasteiger partial charge in [-0.1, -0.05) is 0 Å². The molecule has 0 saturated heterocycles. The van der Waals surface area contributed by atoms with E-state index in [1.54, 1.807) is 0 Å². The van der Waals surface area contributed by atoms with Crippen LogP contribution in [0.5, 0.6) is 0 Å². The maximum absolute atomic E-state index is 11.7. The summed E-state index contributed by atoms with van der Waals surface area (Å²) in [5.74, 6) is 0.0287. The van der Waals surface area contributed by atoms with Crippen molar-refractivity contribution in [1.29, 1.82) is 0 Å². The summed E-state index contributed by atoms with van der Waals surface area (Å²) in [6.07, 6.45) is 3.42. The first-order chi connectivity index (χ1) is 6.60. The zero-order valence-corrected chi connectivity index (χ0v) is 12.1. The molecule has 14 heavy (non-hydrogen) atoms. The third kappa shape index (κ3) is 4.66. The second kappa shape index (κ2) is 7.54. The molecular formula is C11H22O2Te. The van der Waals surface area contributed by atoms with E-state index in [0.29, 0.717) is 6.61 Å². The Kier molecular flexibility index (Phi) is 7.68. The molecule has 2 nitrogen and oxygen atoms in total. The maximum atomic E-state index is 11.7. The van der Waals surface area contributed by atoms with E-state index >= 15 is 0 Å². The van der Waals surface area contributed by atoms with Crippen molar-refractivity contribution in [2.75, 3.05) is 6.61 Å². The number of unbranched alkanes of at least 4 members (excludes halogenated alkanes) is 1. The summed E-state index contributed by atoms with van der Waals surface area (Å²) >= 11 is -0.243. The van der Waals surface area contributed by atoms with Crippen LogP contribution in [0.1, 0.15) is 47.0 Å². The molecule has 0 amide bonds. The van der Waals surface area contributed by atoms with Gasteiger partial charge in [0.15, 0.2) is 0 Å². The minimum absolute atomic E-state index is 0.0287. The van der Waals surface area contributed by atoms with Gasteiger partial charge in [-0.3, -0.25) is 0 Å². The van der Waals surface area contributed by atoms with Crippen LogP contribution in [0.25, 0.3) is 0 Å². The zero-order valence-electron chi connectivity index (χ0n) is 9.76. The van der Waals surface area contributed by atoms with Crippen LogP contribution in [0, 0.1) is 0 Å². The number of esters is 1. The van der Waals surface area contributed by atoms with Gasteiger partial charge in [-0.2, -0.15) is 0 Å². The van der Waals surface area contributed by atoms with Crippen molar-refractivity contribution in [3.8, 4) is 0 Å². The number of carbonyl (C=O) groups is 1. The van der Waals surface area contributed by atoms with Gasteiger partial charge in [0.25, 0.3) is 0 Å². The van der Waals surface area contributed by atoms with Gasteiger partial charge in [-0.15, -0.1) is 0 Å². The molecule has 0 N–H and O–H groups in total. The van der Waals surface area contributed by atoms with Crippen LogP contribution in [0.15, 0.2) is 0 Å². The summed E-state index contributed by atoms with van der Waals surface area (Å²) in [4.78, 5) is 11.7. The topological polar surface area (TPSA) is 26.3 Å². The van der Waals surface area contributed by atoms with E-state index in [-0.39, 0.29) is 30.4 Å². The Morgan fingerprint density at radius 2 is 2.00 bits per heavy atom. The molecule has 0 aliphatic heterocycles. The van der Waals surface area contributed by atoms with Gasteiger partial charge in [-0.25, -0.2) is 0 Å². The summed E-state index contributed by atoms with van der Waals surface area (Å²) in [5.41, 5.74) is 0. The first kappa shape index (κ1) is 14.3.